The fourth-order valence-corrected chi connectivity index (χ4v) is 5.22. The van der Waals surface area contributed by atoms with E-state index < -0.39 is 36.2 Å². The highest BCUT2D eigenvalue weighted by atomic mass is 32.1. The van der Waals surface area contributed by atoms with Gasteiger partial charge in [0.1, 0.15) is 0 Å². The van der Waals surface area contributed by atoms with Crippen molar-refractivity contribution in [3.05, 3.63) is 63.9 Å². The molecule has 0 atom stereocenters. The average Bonchev–Trinajstić information content (AvgIpc) is 3.27. The van der Waals surface area contributed by atoms with E-state index in [1.54, 1.807) is 11.8 Å². The standard InChI is InChI=1S/C26H26F7N5O2S/c1-15-23(21(41-37-15)11-18-12-35-22(13-34-18)26(31,32)33)24(39)36-17-2-3-19(27)20(10-17)40-14-16-4-7-38(8-5-16)9-6-25(28,29)30/h2-3,10,12-13,16H,4-9,11,14H2,1H3,(H,36,39). The number of rotatable bonds is 9. The van der Waals surface area contributed by atoms with Crippen molar-refractivity contribution >= 4 is 23.1 Å². The van der Waals surface area contributed by atoms with Crippen molar-refractivity contribution in [2.75, 3.05) is 31.6 Å². The van der Waals surface area contributed by atoms with Crippen LogP contribution < -0.4 is 10.1 Å². The van der Waals surface area contributed by atoms with Gasteiger partial charge in [-0.05, 0) is 62.4 Å². The fraction of sp³-hybridized carbons (Fsp3) is 0.462. The highest BCUT2D eigenvalue weighted by molar-refractivity contribution is 7.06. The lowest BCUT2D eigenvalue weighted by Gasteiger charge is -2.32. The first-order chi connectivity index (χ1) is 19.3. The molecule has 1 aromatic carbocycles. The number of carbonyl (C=O) groups is 1. The number of likely N-dealkylation sites (tertiary alicyclic amines) is 1. The van der Waals surface area contributed by atoms with Gasteiger partial charge in [0.05, 0.1) is 36.2 Å². The number of piperidine rings is 1. The van der Waals surface area contributed by atoms with Crippen LogP contribution in [0.2, 0.25) is 0 Å². The molecule has 41 heavy (non-hydrogen) atoms. The molecular formula is C26H26F7N5O2S. The lowest BCUT2D eigenvalue weighted by Crippen LogP contribution is -2.37. The zero-order valence-electron chi connectivity index (χ0n) is 21.8. The van der Waals surface area contributed by atoms with Crippen LogP contribution in [0.25, 0.3) is 0 Å². The zero-order valence-corrected chi connectivity index (χ0v) is 22.6. The second-order valence-corrected chi connectivity index (χ2v) is 10.6. The largest absolute Gasteiger partial charge is 0.490 e. The molecular weight excluding hydrogens is 579 g/mol. The molecule has 2 aromatic heterocycles. The summed E-state index contributed by atoms with van der Waals surface area (Å²) in [6, 6.07) is 3.83. The van der Waals surface area contributed by atoms with Gasteiger partial charge in [-0.2, -0.15) is 30.7 Å². The van der Waals surface area contributed by atoms with Crippen LogP contribution in [0.15, 0.2) is 30.6 Å². The number of amides is 1. The minimum absolute atomic E-state index is 0.0339. The van der Waals surface area contributed by atoms with E-state index in [2.05, 4.69) is 19.7 Å². The molecule has 0 unspecified atom stereocenters. The molecule has 0 saturated carbocycles. The van der Waals surface area contributed by atoms with Gasteiger partial charge in [0.15, 0.2) is 17.3 Å². The highest BCUT2D eigenvalue weighted by Gasteiger charge is 2.33. The first kappa shape index (κ1) is 30.6. The van der Waals surface area contributed by atoms with E-state index in [0.717, 1.165) is 23.8 Å². The number of ether oxygens (including phenoxy) is 1. The second kappa shape index (κ2) is 12.7. The Labute approximate surface area is 234 Å². The minimum atomic E-state index is -4.62. The number of benzene rings is 1. The first-order valence-corrected chi connectivity index (χ1v) is 13.4. The molecule has 0 aliphatic carbocycles. The Bertz CT molecular complexity index is 1340. The van der Waals surface area contributed by atoms with Crippen molar-refractivity contribution in [1.82, 2.24) is 19.2 Å². The molecule has 0 spiro atoms. The van der Waals surface area contributed by atoms with Gasteiger partial charge in [0.2, 0.25) is 0 Å². The van der Waals surface area contributed by atoms with Crippen molar-refractivity contribution in [1.29, 1.82) is 0 Å². The number of carbonyl (C=O) groups excluding carboxylic acids is 1. The third kappa shape index (κ3) is 8.58. The lowest BCUT2D eigenvalue weighted by molar-refractivity contribution is -0.141. The van der Waals surface area contributed by atoms with Crippen LogP contribution in [0.5, 0.6) is 5.75 Å². The van der Waals surface area contributed by atoms with Gasteiger partial charge >= 0.3 is 12.4 Å². The maximum absolute atomic E-state index is 14.4. The monoisotopic (exact) mass is 605 g/mol. The number of anilines is 1. The maximum Gasteiger partial charge on any atom is 0.434 e. The van der Waals surface area contributed by atoms with Gasteiger partial charge in [-0.15, -0.1) is 0 Å². The van der Waals surface area contributed by atoms with Crippen LogP contribution >= 0.6 is 11.5 Å². The fourth-order valence-electron chi connectivity index (χ4n) is 4.34. The number of hydrogen-bond acceptors (Lipinski definition) is 7. The van der Waals surface area contributed by atoms with E-state index in [4.69, 9.17) is 4.74 Å². The predicted molar refractivity (Wildman–Crippen MR) is 136 cm³/mol. The molecule has 7 nitrogen and oxygen atoms in total. The summed E-state index contributed by atoms with van der Waals surface area (Å²) in [5, 5.41) is 2.68. The average molecular weight is 606 g/mol. The quantitative estimate of drug-likeness (QED) is 0.289. The summed E-state index contributed by atoms with van der Waals surface area (Å²) in [7, 11) is 0. The molecule has 1 saturated heterocycles. The Kier molecular flexibility index (Phi) is 9.47. The summed E-state index contributed by atoms with van der Waals surface area (Å²) >= 11 is 1.01. The number of nitrogens with zero attached hydrogens (tertiary/aromatic N) is 4. The molecule has 1 amide bonds. The third-order valence-electron chi connectivity index (χ3n) is 6.58. The summed E-state index contributed by atoms with van der Waals surface area (Å²) in [4.78, 5) is 22.5. The van der Waals surface area contributed by atoms with Crippen LogP contribution in [-0.4, -0.2) is 57.6 Å². The van der Waals surface area contributed by atoms with Crippen molar-refractivity contribution in [3.63, 3.8) is 0 Å². The van der Waals surface area contributed by atoms with Crippen molar-refractivity contribution in [2.45, 2.75) is 45.0 Å². The number of aromatic nitrogens is 3. The van der Waals surface area contributed by atoms with E-state index >= 15 is 0 Å². The molecule has 0 radical (unpaired) electrons. The zero-order chi connectivity index (χ0) is 29.8. The van der Waals surface area contributed by atoms with Gasteiger partial charge in [0, 0.05) is 35.8 Å². The highest BCUT2D eigenvalue weighted by Crippen LogP contribution is 2.29. The molecule has 3 heterocycles. The van der Waals surface area contributed by atoms with Gasteiger partial charge < -0.3 is 15.0 Å². The van der Waals surface area contributed by atoms with Crippen molar-refractivity contribution < 1.29 is 40.3 Å². The second-order valence-electron chi connectivity index (χ2n) is 9.69. The van der Waals surface area contributed by atoms with Gasteiger partial charge in [-0.3, -0.25) is 9.78 Å². The number of hydrogen-bond donors (Lipinski definition) is 1. The number of halogens is 7. The van der Waals surface area contributed by atoms with E-state index in [-0.39, 0.29) is 48.2 Å². The normalized spacial score (nSPS) is 15.2. The molecule has 0 bridgehead atoms. The summed E-state index contributed by atoms with van der Waals surface area (Å²) in [6.45, 7) is 2.73. The van der Waals surface area contributed by atoms with Crippen LogP contribution in [0, 0.1) is 18.7 Å². The molecule has 3 aromatic rings. The van der Waals surface area contributed by atoms with Crippen LogP contribution in [0.4, 0.5) is 36.4 Å². The van der Waals surface area contributed by atoms with Gasteiger partial charge in [-0.25, -0.2) is 9.37 Å². The molecule has 1 N–H and O–H groups in total. The van der Waals surface area contributed by atoms with Crippen molar-refractivity contribution in [2.24, 2.45) is 5.92 Å². The smallest absolute Gasteiger partial charge is 0.434 e. The van der Waals surface area contributed by atoms with Crippen molar-refractivity contribution in [3.8, 4) is 5.75 Å². The van der Waals surface area contributed by atoms with Gasteiger partial charge in [-0.1, -0.05) is 0 Å². The Morgan fingerprint density at radius 2 is 1.85 bits per heavy atom. The molecule has 1 aliphatic rings. The minimum Gasteiger partial charge on any atom is -0.490 e. The molecule has 15 heteroatoms. The number of alkyl halides is 6. The molecule has 1 fully saturated rings. The Morgan fingerprint density at radius 1 is 1.12 bits per heavy atom. The maximum atomic E-state index is 14.4. The first-order valence-electron chi connectivity index (χ1n) is 12.6. The van der Waals surface area contributed by atoms with E-state index in [1.807, 2.05) is 0 Å². The summed E-state index contributed by atoms with van der Waals surface area (Å²) in [5.41, 5.74) is -0.0256. The SMILES string of the molecule is Cc1nsc(Cc2cnc(C(F)(F)F)cn2)c1C(=O)Nc1ccc(F)c(OCC2CCN(CCC(F)(F)F)CC2)c1. The predicted octanol–water partition coefficient (Wildman–Crippen LogP) is 6.29. The Morgan fingerprint density at radius 3 is 2.49 bits per heavy atom. The van der Waals surface area contributed by atoms with E-state index in [0.29, 0.717) is 42.7 Å². The van der Waals surface area contributed by atoms with Crippen LogP contribution in [0.3, 0.4) is 0 Å². The molecule has 4 rings (SSSR count). The Hall–Kier alpha value is -3.33. The number of nitrogens with one attached hydrogen (secondary N) is 1. The van der Waals surface area contributed by atoms with Crippen LogP contribution in [0.1, 0.15) is 51.6 Å². The van der Waals surface area contributed by atoms with E-state index in [9.17, 15) is 35.5 Å². The summed E-state index contributed by atoms with van der Waals surface area (Å²) in [5.74, 6) is -1.22. The summed E-state index contributed by atoms with van der Waals surface area (Å²) < 4.78 is 99.9. The topological polar surface area (TPSA) is 80.2 Å². The lowest BCUT2D eigenvalue weighted by atomic mass is 9.97. The third-order valence-corrected chi connectivity index (χ3v) is 7.51. The molecule has 222 valence electrons. The van der Waals surface area contributed by atoms with Gasteiger partial charge in [0.25, 0.3) is 5.91 Å². The number of aryl methyl sites for hydroxylation is 1. The van der Waals surface area contributed by atoms with Crippen LogP contribution in [-0.2, 0) is 12.6 Å². The Balaban J connectivity index is 1.35. The summed E-state index contributed by atoms with van der Waals surface area (Å²) in [6.07, 6.45) is -6.78. The van der Waals surface area contributed by atoms with E-state index in [1.165, 1.54) is 12.1 Å². The molecule has 1 aliphatic heterocycles.